The fraction of sp³-hybridized carbons (Fsp3) is 0.300. The molecule has 0 aliphatic rings. The van der Waals surface area contributed by atoms with Gasteiger partial charge in [-0.2, -0.15) is 4.39 Å². The lowest BCUT2D eigenvalue weighted by molar-refractivity contribution is -0.138. The van der Waals surface area contributed by atoms with Gasteiger partial charge in [0.05, 0.1) is 17.5 Å². The summed E-state index contributed by atoms with van der Waals surface area (Å²) in [6.07, 6.45) is 0. The maximum atomic E-state index is 13.6. The lowest BCUT2D eigenvalue weighted by Gasteiger charge is -2.16. The number of hydrogen-bond acceptors (Lipinski definition) is 4. The molecule has 1 unspecified atom stereocenters. The van der Waals surface area contributed by atoms with E-state index in [1.165, 1.54) is 13.2 Å². The van der Waals surface area contributed by atoms with E-state index in [9.17, 15) is 14.3 Å². The fourth-order valence-corrected chi connectivity index (χ4v) is 1.86. The molecule has 5 nitrogen and oxygen atoms in total. The van der Waals surface area contributed by atoms with Crippen molar-refractivity contribution in [2.24, 2.45) is 5.73 Å². The number of phenolic OH excluding ortho intramolecular Hbond substituents is 1. The molecular formula is C10H11BrFNO4. The summed E-state index contributed by atoms with van der Waals surface area (Å²) in [7, 11) is 1.19. The fourth-order valence-electron chi connectivity index (χ4n) is 1.44. The van der Waals surface area contributed by atoms with E-state index < -0.39 is 23.5 Å². The minimum atomic E-state index is -1.19. The molecule has 17 heavy (non-hydrogen) atoms. The van der Waals surface area contributed by atoms with Gasteiger partial charge in [0.1, 0.15) is 0 Å². The number of ether oxygens (including phenoxy) is 1. The Bertz CT molecular complexity index is 452. The molecule has 0 radical (unpaired) electrons. The van der Waals surface area contributed by atoms with Gasteiger partial charge in [-0.15, -0.1) is 0 Å². The maximum Gasteiger partial charge on any atom is 0.312 e. The minimum Gasteiger partial charge on any atom is -0.504 e. The van der Waals surface area contributed by atoms with Crippen LogP contribution in [0.2, 0.25) is 0 Å². The van der Waals surface area contributed by atoms with E-state index in [0.717, 1.165) is 0 Å². The van der Waals surface area contributed by atoms with Crippen LogP contribution in [0.3, 0.4) is 0 Å². The smallest absolute Gasteiger partial charge is 0.312 e. The first kappa shape index (κ1) is 13.7. The highest BCUT2D eigenvalue weighted by molar-refractivity contribution is 9.10. The molecule has 0 spiro atoms. The quantitative estimate of drug-likeness (QED) is 0.782. The van der Waals surface area contributed by atoms with Crippen molar-refractivity contribution in [1.82, 2.24) is 0 Å². The Morgan fingerprint density at radius 2 is 2.29 bits per heavy atom. The number of aliphatic carboxylic acids is 1. The molecule has 1 aromatic carbocycles. The van der Waals surface area contributed by atoms with E-state index in [1.807, 2.05) is 0 Å². The third-order valence-electron chi connectivity index (χ3n) is 2.29. The predicted molar refractivity (Wildman–Crippen MR) is 61.7 cm³/mol. The van der Waals surface area contributed by atoms with Crippen LogP contribution in [0.15, 0.2) is 10.5 Å². The number of rotatable bonds is 4. The Morgan fingerprint density at radius 1 is 1.71 bits per heavy atom. The Hall–Kier alpha value is -1.34. The van der Waals surface area contributed by atoms with Crippen molar-refractivity contribution in [3.63, 3.8) is 0 Å². The van der Waals surface area contributed by atoms with Crippen molar-refractivity contribution in [2.45, 2.75) is 5.92 Å². The Balaban J connectivity index is 3.46. The van der Waals surface area contributed by atoms with Crippen molar-refractivity contribution in [2.75, 3.05) is 13.7 Å². The molecule has 0 aromatic heterocycles. The second-order valence-electron chi connectivity index (χ2n) is 3.27. The van der Waals surface area contributed by atoms with Crippen LogP contribution < -0.4 is 10.5 Å². The molecule has 0 aliphatic heterocycles. The van der Waals surface area contributed by atoms with Crippen LogP contribution in [0.1, 0.15) is 11.5 Å². The van der Waals surface area contributed by atoms with Crippen LogP contribution in [0.5, 0.6) is 11.5 Å². The first-order valence-electron chi connectivity index (χ1n) is 4.61. The summed E-state index contributed by atoms with van der Waals surface area (Å²) < 4.78 is 18.5. The molecule has 4 N–H and O–H groups in total. The van der Waals surface area contributed by atoms with Crippen LogP contribution in [0.25, 0.3) is 0 Å². The summed E-state index contributed by atoms with van der Waals surface area (Å²) in [5, 5.41) is 18.3. The van der Waals surface area contributed by atoms with Crippen LogP contribution >= 0.6 is 15.9 Å². The summed E-state index contributed by atoms with van der Waals surface area (Å²) in [5.41, 5.74) is 5.40. The van der Waals surface area contributed by atoms with Gasteiger partial charge in [-0.1, -0.05) is 0 Å². The Kier molecular flexibility index (Phi) is 4.30. The molecule has 0 heterocycles. The highest BCUT2D eigenvalue weighted by Crippen LogP contribution is 2.39. The van der Waals surface area contributed by atoms with Crippen LogP contribution in [-0.2, 0) is 4.79 Å². The molecule has 1 rings (SSSR count). The van der Waals surface area contributed by atoms with Crippen LogP contribution in [0, 0.1) is 5.82 Å². The summed E-state index contributed by atoms with van der Waals surface area (Å²) in [6.45, 7) is -0.206. The van der Waals surface area contributed by atoms with Gasteiger partial charge in [-0.25, -0.2) is 0 Å². The van der Waals surface area contributed by atoms with Gasteiger partial charge >= 0.3 is 5.97 Å². The number of methoxy groups -OCH3 is 1. The summed E-state index contributed by atoms with van der Waals surface area (Å²) in [4.78, 5) is 11.0. The predicted octanol–water partition coefficient (Wildman–Crippen LogP) is 1.43. The van der Waals surface area contributed by atoms with E-state index >= 15 is 0 Å². The SMILES string of the molecule is COc1c(C(CN)C(=O)O)cc(Br)c(O)c1F. The first-order valence-corrected chi connectivity index (χ1v) is 5.41. The number of carbonyl (C=O) groups is 1. The second kappa shape index (κ2) is 5.33. The zero-order valence-corrected chi connectivity index (χ0v) is 10.5. The molecule has 1 atom stereocenters. The van der Waals surface area contributed by atoms with E-state index in [4.69, 9.17) is 15.6 Å². The van der Waals surface area contributed by atoms with Crippen molar-refractivity contribution in [1.29, 1.82) is 0 Å². The van der Waals surface area contributed by atoms with Gasteiger partial charge in [-0.05, 0) is 22.0 Å². The van der Waals surface area contributed by atoms with Gasteiger partial charge in [0.2, 0.25) is 5.82 Å². The minimum absolute atomic E-state index is 0.0468. The molecular weight excluding hydrogens is 297 g/mol. The third kappa shape index (κ3) is 2.50. The van der Waals surface area contributed by atoms with Gasteiger partial charge in [0, 0.05) is 12.1 Å². The molecule has 0 aliphatic carbocycles. The molecule has 0 saturated carbocycles. The average molecular weight is 308 g/mol. The van der Waals surface area contributed by atoms with Crippen molar-refractivity contribution >= 4 is 21.9 Å². The number of carboxylic acids is 1. The zero-order chi connectivity index (χ0) is 13.2. The zero-order valence-electron chi connectivity index (χ0n) is 8.91. The Labute approximate surface area is 105 Å². The number of benzene rings is 1. The van der Waals surface area contributed by atoms with E-state index in [0.29, 0.717) is 0 Å². The summed E-state index contributed by atoms with van der Waals surface area (Å²) in [6, 6.07) is 1.28. The highest BCUT2D eigenvalue weighted by Gasteiger charge is 2.27. The number of nitrogens with two attached hydrogens (primary N) is 1. The normalized spacial score (nSPS) is 12.2. The largest absolute Gasteiger partial charge is 0.504 e. The highest BCUT2D eigenvalue weighted by atomic mass is 79.9. The third-order valence-corrected chi connectivity index (χ3v) is 2.90. The van der Waals surface area contributed by atoms with Crippen LogP contribution in [0.4, 0.5) is 4.39 Å². The average Bonchev–Trinajstić information content (AvgIpc) is 2.27. The monoisotopic (exact) mass is 307 g/mol. The van der Waals surface area contributed by atoms with Crippen molar-refractivity contribution in [3.8, 4) is 11.5 Å². The van der Waals surface area contributed by atoms with E-state index in [2.05, 4.69) is 15.9 Å². The van der Waals surface area contributed by atoms with Crippen molar-refractivity contribution in [3.05, 3.63) is 21.9 Å². The molecule has 0 bridgehead atoms. The first-order chi connectivity index (χ1) is 7.93. The van der Waals surface area contributed by atoms with E-state index in [1.54, 1.807) is 0 Å². The number of phenols is 1. The maximum absolute atomic E-state index is 13.6. The summed E-state index contributed by atoms with van der Waals surface area (Å²) >= 11 is 2.93. The van der Waals surface area contributed by atoms with Gasteiger partial charge in [0.15, 0.2) is 11.5 Å². The standard InChI is InChI=1S/C10H11BrFNO4/c1-17-9-4(5(3-13)10(15)16)2-6(11)8(14)7(9)12/h2,5,14H,3,13H2,1H3,(H,15,16). The second-order valence-corrected chi connectivity index (χ2v) is 4.12. The lowest BCUT2D eigenvalue weighted by Crippen LogP contribution is -2.22. The van der Waals surface area contributed by atoms with Gasteiger partial charge < -0.3 is 20.7 Å². The van der Waals surface area contributed by atoms with Gasteiger partial charge in [-0.3, -0.25) is 4.79 Å². The molecule has 0 fully saturated rings. The van der Waals surface area contributed by atoms with Crippen molar-refractivity contribution < 1.29 is 24.1 Å². The molecule has 7 heteroatoms. The van der Waals surface area contributed by atoms with Crippen LogP contribution in [-0.4, -0.2) is 29.8 Å². The molecule has 0 amide bonds. The topological polar surface area (TPSA) is 92.8 Å². The number of aromatic hydroxyl groups is 1. The molecule has 94 valence electrons. The lowest BCUT2D eigenvalue weighted by atomic mass is 9.98. The van der Waals surface area contributed by atoms with E-state index in [-0.39, 0.29) is 22.3 Å². The number of carboxylic acid groups (broad SMARTS) is 1. The summed E-state index contributed by atoms with van der Waals surface area (Å²) in [5.74, 6) is -4.26. The number of hydrogen-bond donors (Lipinski definition) is 3. The molecule has 0 saturated heterocycles. The molecule has 1 aromatic rings. The Morgan fingerprint density at radius 3 is 2.71 bits per heavy atom. The number of halogens is 2. The van der Waals surface area contributed by atoms with Gasteiger partial charge in [0.25, 0.3) is 0 Å².